The number of piperidine rings is 1. The van der Waals surface area contributed by atoms with E-state index in [2.05, 4.69) is 16.0 Å². The van der Waals surface area contributed by atoms with E-state index in [4.69, 9.17) is 0 Å². The van der Waals surface area contributed by atoms with Gasteiger partial charge in [-0.15, -0.1) is 0 Å². The molecule has 0 atom stereocenters. The minimum atomic E-state index is 0.216. The van der Waals surface area contributed by atoms with Gasteiger partial charge in [-0.1, -0.05) is 6.07 Å². The molecule has 1 N–H and O–H groups in total. The summed E-state index contributed by atoms with van der Waals surface area (Å²) in [5, 5.41) is 0. The van der Waals surface area contributed by atoms with E-state index >= 15 is 0 Å². The number of pyridine rings is 1. The highest BCUT2D eigenvalue weighted by atomic mass is 16.2. The number of carbonyl (C=O) groups excluding carboxylic acids is 1. The summed E-state index contributed by atoms with van der Waals surface area (Å²) in [6, 6.07) is 4.14. The van der Waals surface area contributed by atoms with Crippen LogP contribution in [0, 0.1) is 5.92 Å². The van der Waals surface area contributed by atoms with E-state index in [0.717, 1.165) is 37.9 Å². The number of aromatic nitrogens is 2. The lowest BCUT2D eigenvalue weighted by Crippen LogP contribution is -2.39. The first kappa shape index (κ1) is 14.5. The van der Waals surface area contributed by atoms with Crippen molar-refractivity contribution >= 4 is 5.91 Å². The summed E-state index contributed by atoms with van der Waals surface area (Å²) in [5.74, 6) is 1.49. The molecule has 120 valence electrons. The molecule has 4 heteroatoms. The highest BCUT2D eigenvalue weighted by Gasteiger charge is 2.31. The Balaban J connectivity index is 1.35. The summed E-state index contributed by atoms with van der Waals surface area (Å²) in [4.78, 5) is 22.1. The van der Waals surface area contributed by atoms with Crippen LogP contribution in [0.1, 0.15) is 53.1 Å². The lowest BCUT2D eigenvalue weighted by molar-refractivity contribution is 0.0689. The van der Waals surface area contributed by atoms with Gasteiger partial charge in [0.2, 0.25) is 0 Å². The molecule has 0 radical (unpaired) electrons. The van der Waals surface area contributed by atoms with Crippen LogP contribution in [0.2, 0.25) is 0 Å². The third kappa shape index (κ3) is 3.16. The number of carbonyl (C=O) groups is 1. The molecule has 3 heterocycles. The quantitative estimate of drug-likeness (QED) is 0.941. The molecule has 2 aromatic rings. The Labute approximate surface area is 136 Å². The molecule has 1 aliphatic carbocycles. The third-order valence-corrected chi connectivity index (χ3v) is 5.17. The number of hydrogen-bond donors (Lipinski definition) is 1. The number of nitrogens with one attached hydrogen (secondary N) is 1. The number of hydrogen-bond acceptors (Lipinski definition) is 2. The van der Waals surface area contributed by atoms with E-state index in [9.17, 15) is 4.79 Å². The van der Waals surface area contributed by atoms with E-state index in [-0.39, 0.29) is 5.91 Å². The lowest BCUT2D eigenvalue weighted by atomic mass is 9.90. The number of H-pyrrole nitrogens is 1. The molecule has 0 bridgehead atoms. The summed E-state index contributed by atoms with van der Waals surface area (Å²) in [7, 11) is 0. The maximum atomic E-state index is 12.8. The maximum Gasteiger partial charge on any atom is 0.255 e. The van der Waals surface area contributed by atoms with Gasteiger partial charge in [0.15, 0.2) is 0 Å². The molecule has 2 aliphatic rings. The molecule has 0 unspecified atom stereocenters. The molecule has 1 saturated heterocycles. The van der Waals surface area contributed by atoms with E-state index in [1.165, 1.54) is 24.0 Å². The van der Waals surface area contributed by atoms with Crippen molar-refractivity contribution < 1.29 is 4.79 Å². The minimum Gasteiger partial charge on any atom is -0.367 e. The van der Waals surface area contributed by atoms with Crippen LogP contribution in [-0.2, 0) is 6.42 Å². The van der Waals surface area contributed by atoms with Crippen LogP contribution in [0.3, 0.4) is 0 Å². The standard InChI is InChI=1S/C19H23N3O/c23-19(18-13-21-12-17(18)16-3-4-16)22-8-5-14(6-9-22)10-15-2-1-7-20-11-15/h1-2,7,11-14,16,21H,3-6,8-10H2. The van der Waals surface area contributed by atoms with Crippen LogP contribution in [0.5, 0.6) is 0 Å². The number of rotatable bonds is 4. The van der Waals surface area contributed by atoms with Gasteiger partial charge in [0.1, 0.15) is 0 Å². The lowest BCUT2D eigenvalue weighted by Gasteiger charge is -2.32. The molecule has 1 saturated carbocycles. The van der Waals surface area contributed by atoms with Gasteiger partial charge in [0.25, 0.3) is 5.91 Å². The second-order valence-electron chi connectivity index (χ2n) is 6.90. The van der Waals surface area contributed by atoms with E-state index in [1.54, 1.807) is 0 Å². The Kier molecular flexibility index (Phi) is 3.90. The molecule has 1 amide bonds. The first-order valence-corrected chi connectivity index (χ1v) is 8.66. The fourth-order valence-electron chi connectivity index (χ4n) is 3.66. The van der Waals surface area contributed by atoms with Gasteiger partial charge in [-0.05, 0) is 61.1 Å². The largest absolute Gasteiger partial charge is 0.367 e. The third-order valence-electron chi connectivity index (χ3n) is 5.17. The van der Waals surface area contributed by atoms with Crippen LogP contribution in [0.4, 0.5) is 0 Å². The monoisotopic (exact) mass is 309 g/mol. The zero-order chi connectivity index (χ0) is 15.6. The normalized spacial score (nSPS) is 19.0. The van der Waals surface area contributed by atoms with E-state index in [0.29, 0.717) is 11.8 Å². The Morgan fingerprint density at radius 3 is 2.74 bits per heavy atom. The average Bonchev–Trinajstić information content (AvgIpc) is 3.33. The molecule has 23 heavy (non-hydrogen) atoms. The Morgan fingerprint density at radius 2 is 2.04 bits per heavy atom. The summed E-state index contributed by atoms with van der Waals surface area (Å²) in [6.45, 7) is 1.75. The number of nitrogens with zero attached hydrogens (tertiary/aromatic N) is 2. The van der Waals surface area contributed by atoms with Crippen LogP contribution in [0.15, 0.2) is 36.9 Å². The van der Waals surface area contributed by atoms with Gasteiger partial charge in [-0.2, -0.15) is 0 Å². The van der Waals surface area contributed by atoms with Crippen LogP contribution >= 0.6 is 0 Å². The first-order valence-electron chi connectivity index (χ1n) is 8.66. The predicted molar refractivity (Wildman–Crippen MR) is 89.3 cm³/mol. The maximum absolute atomic E-state index is 12.8. The molecular formula is C19H23N3O. The Hall–Kier alpha value is -2.10. The van der Waals surface area contributed by atoms with Crippen molar-refractivity contribution in [1.29, 1.82) is 0 Å². The molecule has 0 spiro atoms. The van der Waals surface area contributed by atoms with Crippen LogP contribution < -0.4 is 0 Å². The first-order chi connectivity index (χ1) is 11.3. The Morgan fingerprint density at radius 1 is 1.22 bits per heavy atom. The molecule has 2 aromatic heterocycles. The highest BCUT2D eigenvalue weighted by molar-refractivity contribution is 5.96. The van der Waals surface area contributed by atoms with Crippen molar-refractivity contribution in [2.45, 2.75) is 38.0 Å². The molecule has 1 aliphatic heterocycles. The van der Waals surface area contributed by atoms with E-state index < -0.39 is 0 Å². The van der Waals surface area contributed by atoms with Crippen molar-refractivity contribution in [2.75, 3.05) is 13.1 Å². The molecule has 0 aromatic carbocycles. The number of likely N-dealkylation sites (tertiary alicyclic amines) is 1. The zero-order valence-corrected chi connectivity index (χ0v) is 13.4. The Bertz CT molecular complexity index is 667. The summed E-state index contributed by atoms with van der Waals surface area (Å²) in [5.41, 5.74) is 3.43. The van der Waals surface area contributed by atoms with Gasteiger partial charge in [-0.25, -0.2) is 0 Å². The number of aromatic amines is 1. The van der Waals surface area contributed by atoms with Gasteiger partial charge in [0.05, 0.1) is 5.56 Å². The fraction of sp³-hybridized carbons (Fsp3) is 0.474. The average molecular weight is 309 g/mol. The minimum absolute atomic E-state index is 0.216. The summed E-state index contributed by atoms with van der Waals surface area (Å²) < 4.78 is 0. The number of amides is 1. The molecule has 4 rings (SSSR count). The van der Waals surface area contributed by atoms with Gasteiger partial charge in [0, 0.05) is 37.9 Å². The van der Waals surface area contributed by atoms with Crippen molar-refractivity contribution in [3.8, 4) is 0 Å². The smallest absolute Gasteiger partial charge is 0.255 e. The molecular weight excluding hydrogens is 286 g/mol. The predicted octanol–water partition coefficient (Wildman–Crippen LogP) is 3.38. The highest BCUT2D eigenvalue weighted by Crippen LogP contribution is 2.42. The second kappa shape index (κ2) is 6.19. The van der Waals surface area contributed by atoms with Crippen molar-refractivity contribution in [3.05, 3.63) is 53.6 Å². The summed E-state index contributed by atoms with van der Waals surface area (Å²) in [6.07, 6.45) is 13.4. The van der Waals surface area contributed by atoms with Crippen LogP contribution in [0.25, 0.3) is 0 Å². The molecule has 2 fully saturated rings. The van der Waals surface area contributed by atoms with Crippen molar-refractivity contribution in [3.63, 3.8) is 0 Å². The molecule has 4 nitrogen and oxygen atoms in total. The summed E-state index contributed by atoms with van der Waals surface area (Å²) >= 11 is 0. The SMILES string of the molecule is O=C(c1c[nH]cc1C1CC1)N1CCC(Cc2cccnc2)CC1. The second-order valence-corrected chi connectivity index (χ2v) is 6.90. The van der Waals surface area contributed by atoms with Crippen molar-refractivity contribution in [1.82, 2.24) is 14.9 Å². The topological polar surface area (TPSA) is 49.0 Å². The fourth-order valence-corrected chi connectivity index (χ4v) is 3.66. The van der Waals surface area contributed by atoms with Crippen LogP contribution in [-0.4, -0.2) is 33.9 Å². The van der Waals surface area contributed by atoms with E-state index in [1.807, 2.05) is 35.8 Å². The zero-order valence-electron chi connectivity index (χ0n) is 13.4. The van der Waals surface area contributed by atoms with Gasteiger partial charge < -0.3 is 9.88 Å². The van der Waals surface area contributed by atoms with Gasteiger partial charge in [-0.3, -0.25) is 9.78 Å². The van der Waals surface area contributed by atoms with Gasteiger partial charge >= 0.3 is 0 Å². The van der Waals surface area contributed by atoms with Crippen molar-refractivity contribution in [2.24, 2.45) is 5.92 Å².